The van der Waals surface area contributed by atoms with Gasteiger partial charge in [0.05, 0.1) is 0 Å². The zero-order valence-corrected chi connectivity index (χ0v) is 9.79. The second-order valence-corrected chi connectivity index (χ2v) is 4.87. The molecular formula is C13H18ClN. The Balaban J connectivity index is 1.74. The summed E-state index contributed by atoms with van der Waals surface area (Å²) >= 11 is 6.07. The van der Waals surface area contributed by atoms with Gasteiger partial charge in [0.1, 0.15) is 0 Å². The van der Waals surface area contributed by atoms with Crippen LogP contribution < -0.4 is 0 Å². The molecule has 1 saturated heterocycles. The topological polar surface area (TPSA) is 3.24 Å². The van der Waals surface area contributed by atoms with Crippen molar-refractivity contribution >= 4 is 11.6 Å². The van der Waals surface area contributed by atoms with Gasteiger partial charge in [-0.05, 0) is 37.9 Å². The molecule has 1 aromatic rings. The SMILES string of the molecule is ClC1CCN(CCc2ccccc2)CC1. The number of benzene rings is 1. The van der Waals surface area contributed by atoms with Crippen LogP contribution in [0.5, 0.6) is 0 Å². The van der Waals surface area contributed by atoms with Crippen molar-refractivity contribution in [3.8, 4) is 0 Å². The third kappa shape index (κ3) is 3.51. The largest absolute Gasteiger partial charge is 0.303 e. The van der Waals surface area contributed by atoms with Gasteiger partial charge in [0.25, 0.3) is 0 Å². The molecule has 0 unspecified atom stereocenters. The molecule has 1 heterocycles. The Morgan fingerprint density at radius 3 is 2.47 bits per heavy atom. The summed E-state index contributed by atoms with van der Waals surface area (Å²) in [5.74, 6) is 0. The van der Waals surface area contributed by atoms with Crippen molar-refractivity contribution < 1.29 is 0 Å². The maximum Gasteiger partial charge on any atom is 0.0360 e. The van der Waals surface area contributed by atoms with E-state index in [0.717, 1.165) is 19.3 Å². The van der Waals surface area contributed by atoms with Crippen LogP contribution in [0, 0.1) is 0 Å². The van der Waals surface area contributed by atoms with Gasteiger partial charge in [-0.25, -0.2) is 0 Å². The van der Waals surface area contributed by atoms with Crippen molar-refractivity contribution in [2.24, 2.45) is 0 Å². The Kier molecular flexibility index (Phi) is 4.04. The molecular weight excluding hydrogens is 206 g/mol. The molecule has 1 aromatic carbocycles. The minimum atomic E-state index is 0.415. The number of halogens is 1. The lowest BCUT2D eigenvalue weighted by Gasteiger charge is -2.29. The van der Waals surface area contributed by atoms with Crippen molar-refractivity contribution in [2.75, 3.05) is 19.6 Å². The van der Waals surface area contributed by atoms with Gasteiger partial charge in [0.2, 0.25) is 0 Å². The fraction of sp³-hybridized carbons (Fsp3) is 0.538. The lowest BCUT2D eigenvalue weighted by molar-refractivity contribution is 0.234. The van der Waals surface area contributed by atoms with Crippen LogP contribution in [0.4, 0.5) is 0 Å². The molecule has 0 amide bonds. The smallest absolute Gasteiger partial charge is 0.0360 e. The Labute approximate surface area is 97.0 Å². The van der Waals surface area contributed by atoms with Crippen LogP contribution in [-0.2, 0) is 6.42 Å². The van der Waals surface area contributed by atoms with Crippen molar-refractivity contribution in [2.45, 2.75) is 24.6 Å². The first-order valence-electron chi connectivity index (χ1n) is 5.75. The van der Waals surface area contributed by atoms with Crippen LogP contribution in [0.3, 0.4) is 0 Å². The fourth-order valence-corrected chi connectivity index (χ4v) is 2.25. The van der Waals surface area contributed by atoms with Gasteiger partial charge in [-0.15, -0.1) is 11.6 Å². The summed E-state index contributed by atoms with van der Waals surface area (Å²) in [6, 6.07) is 10.7. The van der Waals surface area contributed by atoms with E-state index in [-0.39, 0.29) is 0 Å². The van der Waals surface area contributed by atoms with E-state index < -0.39 is 0 Å². The van der Waals surface area contributed by atoms with Gasteiger partial charge in [-0.1, -0.05) is 30.3 Å². The van der Waals surface area contributed by atoms with Gasteiger partial charge in [-0.2, -0.15) is 0 Å². The molecule has 0 saturated carbocycles. The van der Waals surface area contributed by atoms with Crippen LogP contribution in [0.2, 0.25) is 0 Å². The minimum Gasteiger partial charge on any atom is -0.303 e. The Bertz CT molecular complexity index is 278. The molecule has 0 spiro atoms. The summed E-state index contributed by atoms with van der Waals surface area (Å²) in [5, 5.41) is 0.415. The summed E-state index contributed by atoms with van der Waals surface area (Å²) in [6.45, 7) is 3.51. The third-order valence-corrected chi connectivity index (χ3v) is 3.51. The molecule has 0 atom stereocenters. The molecule has 1 aliphatic rings. The molecule has 0 bridgehead atoms. The number of alkyl halides is 1. The van der Waals surface area contributed by atoms with Crippen molar-refractivity contribution in [3.63, 3.8) is 0 Å². The summed E-state index contributed by atoms with van der Waals surface area (Å²) in [5.41, 5.74) is 1.44. The van der Waals surface area contributed by atoms with E-state index in [1.165, 1.54) is 25.2 Å². The highest BCUT2D eigenvalue weighted by Crippen LogP contribution is 2.15. The van der Waals surface area contributed by atoms with Crippen molar-refractivity contribution in [3.05, 3.63) is 35.9 Å². The Hall–Kier alpha value is -0.530. The molecule has 82 valence electrons. The van der Waals surface area contributed by atoms with Crippen LogP contribution >= 0.6 is 11.6 Å². The molecule has 1 fully saturated rings. The molecule has 2 heteroatoms. The monoisotopic (exact) mass is 223 g/mol. The molecule has 1 nitrogen and oxygen atoms in total. The summed E-state index contributed by atoms with van der Waals surface area (Å²) in [7, 11) is 0. The van der Waals surface area contributed by atoms with E-state index in [4.69, 9.17) is 11.6 Å². The number of likely N-dealkylation sites (tertiary alicyclic amines) is 1. The highest BCUT2D eigenvalue weighted by molar-refractivity contribution is 6.20. The van der Waals surface area contributed by atoms with Crippen molar-refractivity contribution in [1.82, 2.24) is 4.90 Å². The molecule has 15 heavy (non-hydrogen) atoms. The normalized spacial score (nSPS) is 19.3. The predicted molar refractivity (Wildman–Crippen MR) is 65.5 cm³/mol. The number of rotatable bonds is 3. The van der Waals surface area contributed by atoms with Crippen LogP contribution in [0.25, 0.3) is 0 Å². The lowest BCUT2D eigenvalue weighted by Crippen LogP contribution is -2.35. The molecule has 0 aliphatic carbocycles. The molecule has 2 rings (SSSR count). The van der Waals surface area contributed by atoms with Gasteiger partial charge in [-0.3, -0.25) is 0 Å². The first-order chi connectivity index (χ1) is 7.34. The van der Waals surface area contributed by atoms with Crippen LogP contribution in [0.15, 0.2) is 30.3 Å². The third-order valence-electron chi connectivity index (χ3n) is 3.08. The highest BCUT2D eigenvalue weighted by Gasteiger charge is 2.16. The second-order valence-electron chi connectivity index (χ2n) is 4.25. The van der Waals surface area contributed by atoms with E-state index in [0.29, 0.717) is 5.38 Å². The standard InChI is InChI=1S/C13H18ClN/c14-13-7-10-15(11-8-13)9-6-12-4-2-1-3-5-12/h1-5,13H,6-11H2. The first kappa shape index (κ1) is 11.0. The summed E-state index contributed by atoms with van der Waals surface area (Å²) < 4.78 is 0. The van der Waals surface area contributed by atoms with Crippen molar-refractivity contribution in [1.29, 1.82) is 0 Å². The van der Waals surface area contributed by atoms with Crippen LogP contribution in [-0.4, -0.2) is 29.9 Å². The highest BCUT2D eigenvalue weighted by atomic mass is 35.5. The number of nitrogens with zero attached hydrogens (tertiary/aromatic N) is 1. The second kappa shape index (κ2) is 5.53. The average molecular weight is 224 g/mol. The zero-order valence-electron chi connectivity index (χ0n) is 9.03. The minimum absolute atomic E-state index is 0.415. The van der Waals surface area contributed by atoms with Gasteiger partial charge >= 0.3 is 0 Å². The van der Waals surface area contributed by atoms with Gasteiger partial charge < -0.3 is 4.90 Å². The van der Waals surface area contributed by atoms with Gasteiger partial charge in [0, 0.05) is 11.9 Å². The fourth-order valence-electron chi connectivity index (χ4n) is 2.06. The number of hydrogen-bond donors (Lipinski definition) is 0. The number of piperidine rings is 1. The van der Waals surface area contributed by atoms with E-state index in [1.54, 1.807) is 0 Å². The van der Waals surface area contributed by atoms with E-state index in [2.05, 4.69) is 35.2 Å². The lowest BCUT2D eigenvalue weighted by atomic mass is 10.1. The Morgan fingerprint density at radius 1 is 1.13 bits per heavy atom. The average Bonchev–Trinajstić information content (AvgIpc) is 2.30. The predicted octanol–water partition coefficient (Wildman–Crippen LogP) is 2.93. The maximum absolute atomic E-state index is 6.07. The Morgan fingerprint density at radius 2 is 1.80 bits per heavy atom. The number of hydrogen-bond acceptors (Lipinski definition) is 1. The molecule has 0 N–H and O–H groups in total. The molecule has 1 aliphatic heterocycles. The zero-order chi connectivity index (χ0) is 10.5. The van der Waals surface area contributed by atoms with Gasteiger partial charge in [0.15, 0.2) is 0 Å². The summed E-state index contributed by atoms with van der Waals surface area (Å²) in [6.07, 6.45) is 3.46. The van der Waals surface area contributed by atoms with E-state index in [1.807, 2.05) is 0 Å². The first-order valence-corrected chi connectivity index (χ1v) is 6.18. The molecule has 0 radical (unpaired) electrons. The van der Waals surface area contributed by atoms with E-state index >= 15 is 0 Å². The van der Waals surface area contributed by atoms with Crippen LogP contribution in [0.1, 0.15) is 18.4 Å². The molecule has 0 aromatic heterocycles. The van der Waals surface area contributed by atoms with E-state index in [9.17, 15) is 0 Å². The summed E-state index contributed by atoms with van der Waals surface area (Å²) in [4.78, 5) is 2.52. The quantitative estimate of drug-likeness (QED) is 0.713. The maximum atomic E-state index is 6.07.